The zero-order valence-electron chi connectivity index (χ0n) is 10.9. The van der Waals surface area contributed by atoms with E-state index in [0.717, 1.165) is 29.1 Å². The minimum atomic E-state index is -4.71. The largest absolute Gasteiger partial charge is 0.419 e. The van der Waals surface area contributed by atoms with Crippen molar-refractivity contribution in [2.45, 2.75) is 26.6 Å². The Morgan fingerprint density at radius 2 is 1.95 bits per heavy atom. The van der Waals surface area contributed by atoms with Crippen molar-refractivity contribution in [3.8, 4) is 0 Å². The zero-order valence-corrected chi connectivity index (χ0v) is 10.9. The minimum Gasteiger partial charge on any atom is -0.381 e. The number of anilines is 1. The van der Waals surface area contributed by atoms with E-state index in [1.54, 1.807) is 6.92 Å². The number of H-pyrrole nitrogens is 1. The molecule has 0 saturated heterocycles. The summed E-state index contributed by atoms with van der Waals surface area (Å²) in [6.45, 7) is 3.94. The maximum absolute atomic E-state index is 13.1. The third kappa shape index (κ3) is 2.92. The summed E-state index contributed by atoms with van der Waals surface area (Å²) in [5.41, 5.74) is 1.42. The SMILES string of the molecule is Cc1n[nH]c(C)c1CNc1ccc(F)c(C(F)(F)F)c1. The molecule has 0 aliphatic carbocycles. The van der Waals surface area contributed by atoms with Crippen molar-refractivity contribution in [1.29, 1.82) is 0 Å². The van der Waals surface area contributed by atoms with Crippen LogP contribution in [-0.4, -0.2) is 10.2 Å². The minimum absolute atomic E-state index is 0.207. The quantitative estimate of drug-likeness (QED) is 0.843. The summed E-state index contributed by atoms with van der Waals surface area (Å²) in [5.74, 6) is -1.28. The van der Waals surface area contributed by atoms with E-state index < -0.39 is 17.6 Å². The third-order valence-electron chi connectivity index (χ3n) is 3.02. The molecule has 0 amide bonds. The molecular formula is C13H13F4N3. The van der Waals surface area contributed by atoms with Crippen molar-refractivity contribution in [3.05, 3.63) is 46.5 Å². The van der Waals surface area contributed by atoms with Crippen LogP contribution in [0, 0.1) is 19.7 Å². The Kier molecular flexibility index (Phi) is 3.69. The number of benzene rings is 1. The summed E-state index contributed by atoms with van der Waals surface area (Å²) in [4.78, 5) is 0. The Hall–Kier alpha value is -2.05. The van der Waals surface area contributed by atoms with Crippen molar-refractivity contribution >= 4 is 5.69 Å². The van der Waals surface area contributed by atoms with E-state index in [9.17, 15) is 17.6 Å². The van der Waals surface area contributed by atoms with Crippen LogP contribution in [0.1, 0.15) is 22.5 Å². The molecule has 0 aliphatic heterocycles. The van der Waals surface area contributed by atoms with Crippen LogP contribution in [0.5, 0.6) is 0 Å². The number of aromatic amines is 1. The Balaban J connectivity index is 2.19. The Bertz CT molecular complexity index is 597. The number of nitrogens with one attached hydrogen (secondary N) is 2. The zero-order chi connectivity index (χ0) is 14.9. The first-order valence-corrected chi connectivity index (χ1v) is 5.90. The predicted molar refractivity (Wildman–Crippen MR) is 66.8 cm³/mol. The number of aryl methyl sites for hydroxylation is 2. The fourth-order valence-electron chi connectivity index (χ4n) is 1.88. The molecule has 1 heterocycles. The van der Waals surface area contributed by atoms with E-state index in [0.29, 0.717) is 6.54 Å². The van der Waals surface area contributed by atoms with Crippen molar-refractivity contribution in [1.82, 2.24) is 10.2 Å². The summed E-state index contributed by atoms with van der Waals surface area (Å²) in [6.07, 6.45) is -4.71. The van der Waals surface area contributed by atoms with Gasteiger partial charge in [0.25, 0.3) is 0 Å². The van der Waals surface area contributed by atoms with Gasteiger partial charge in [0.15, 0.2) is 0 Å². The summed E-state index contributed by atoms with van der Waals surface area (Å²) in [7, 11) is 0. The molecule has 1 aromatic carbocycles. The second kappa shape index (κ2) is 5.15. The second-order valence-corrected chi connectivity index (χ2v) is 4.46. The summed E-state index contributed by atoms with van der Waals surface area (Å²) >= 11 is 0. The predicted octanol–water partition coefficient (Wildman–Crippen LogP) is 3.80. The lowest BCUT2D eigenvalue weighted by Crippen LogP contribution is -2.09. The van der Waals surface area contributed by atoms with Gasteiger partial charge in [-0.3, -0.25) is 5.10 Å². The maximum atomic E-state index is 13.1. The molecule has 0 spiro atoms. The van der Waals surface area contributed by atoms with Gasteiger partial charge in [-0.25, -0.2) is 4.39 Å². The maximum Gasteiger partial charge on any atom is 0.419 e. The highest BCUT2D eigenvalue weighted by molar-refractivity contribution is 5.48. The number of hydrogen-bond donors (Lipinski definition) is 2. The van der Waals surface area contributed by atoms with Crippen molar-refractivity contribution in [3.63, 3.8) is 0 Å². The first kappa shape index (κ1) is 14.4. The number of halogens is 4. The molecule has 0 bridgehead atoms. The number of aromatic nitrogens is 2. The molecule has 3 nitrogen and oxygen atoms in total. The molecular weight excluding hydrogens is 274 g/mol. The molecule has 20 heavy (non-hydrogen) atoms. The summed E-state index contributed by atoms with van der Waals surface area (Å²) < 4.78 is 50.9. The molecule has 2 N–H and O–H groups in total. The molecule has 0 saturated carbocycles. The molecule has 2 rings (SSSR count). The second-order valence-electron chi connectivity index (χ2n) is 4.46. The third-order valence-corrected chi connectivity index (χ3v) is 3.02. The standard InChI is InChI=1S/C13H13F4N3/c1-7-10(8(2)20-19-7)6-18-9-3-4-12(14)11(5-9)13(15,16)17/h3-5,18H,6H2,1-2H3,(H,19,20). The smallest absolute Gasteiger partial charge is 0.381 e. The van der Waals surface area contributed by atoms with Crippen LogP contribution < -0.4 is 5.32 Å². The summed E-state index contributed by atoms with van der Waals surface area (Å²) in [5, 5.41) is 9.62. The normalized spacial score (nSPS) is 11.7. The van der Waals surface area contributed by atoms with Gasteiger partial charge in [0.2, 0.25) is 0 Å². The highest BCUT2D eigenvalue weighted by Gasteiger charge is 2.34. The van der Waals surface area contributed by atoms with Crippen LogP contribution in [0.2, 0.25) is 0 Å². The molecule has 0 aliphatic rings. The van der Waals surface area contributed by atoms with E-state index in [2.05, 4.69) is 15.5 Å². The van der Waals surface area contributed by atoms with Crippen LogP contribution >= 0.6 is 0 Å². The lowest BCUT2D eigenvalue weighted by molar-refractivity contribution is -0.139. The molecule has 0 atom stereocenters. The molecule has 7 heteroatoms. The van der Waals surface area contributed by atoms with E-state index in [-0.39, 0.29) is 5.69 Å². The van der Waals surface area contributed by atoms with Crippen LogP contribution in [0.15, 0.2) is 18.2 Å². The average Bonchev–Trinajstić information content (AvgIpc) is 2.67. The first-order chi connectivity index (χ1) is 9.29. The van der Waals surface area contributed by atoms with Crippen LogP contribution in [0.3, 0.4) is 0 Å². The fourth-order valence-corrected chi connectivity index (χ4v) is 1.88. The Labute approximate surface area is 113 Å². The van der Waals surface area contributed by atoms with Crippen LogP contribution in [-0.2, 0) is 12.7 Å². The van der Waals surface area contributed by atoms with E-state index in [4.69, 9.17) is 0 Å². The van der Waals surface area contributed by atoms with Gasteiger partial charge in [0.05, 0.1) is 11.3 Å². The van der Waals surface area contributed by atoms with Crippen molar-refractivity contribution in [2.24, 2.45) is 0 Å². The number of nitrogens with zero attached hydrogens (tertiary/aromatic N) is 1. The topological polar surface area (TPSA) is 40.7 Å². The van der Waals surface area contributed by atoms with E-state index in [1.165, 1.54) is 6.07 Å². The lowest BCUT2D eigenvalue weighted by atomic mass is 10.1. The average molecular weight is 287 g/mol. The molecule has 0 fully saturated rings. The molecule has 108 valence electrons. The Morgan fingerprint density at radius 3 is 2.50 bits per heavy atom. The number of rotatable bonds is 3. The monoisotopic (exact) mass is 287 g/mol. The van der Waals surface area contributed by atoms with Gasteiger partial charge in [-0.1, -0.05) is 0 Å². The van der Waals surface area contributed by atoms with Crippen LogP contribution in [0.25, 0.3) is 0 Å². The Morgan fingerprint density at radius 1 is 1.25 bits per heavy atom. The van der Waals surface area contributed by atoms with Gasteiger partial charge in [-0.05, 0) is 32.0 Å². The molecule has 1 aromatic heterocycles. The van der Waals surface area contributed by atoms with Gasteiger partial charge < -0.3 is 5.32 Å². The highest BCUT2D eigenvalue weighted by Crippen LogP contribution is 2.33. The van der Waals surface area contributed by atoms with E-state index in [1.807, 2.05) is 6.92 Å². The first-order valence-electron chi connectivity index (χ1n) is 5.90. The highest BCUT2D eigenvalue weighted by atomic mass is 19.4. The van der Waals surface area contributed by atoms with Gasteiger partial charge in [-0.2, -0.15) is 18.3 Å². The van der Waals surface area contributed by atoms with Gasteiger partial charge in [0.1, 0.15) is 5.82 Å². The van der Waals surface area contributed by atoms with Gasteiger partial charge in [0, 0.05) is 23.5 Å². The molecule has 2 aromatic rings. The summed E-state index contributed by atoms with van der Waals surface area (Å²) in [6, 6.07) is 2.84. The van der Waals surface area contributed by atoms with Crippen LogP contribution in [0.4, 0.5) is 23.2 Å². The lowest BCUT2D eigenvalue weighted by Gasteiger charge is -2.11. The van der Waals surface area contributed by atoms with Gasteiger partial charge >= 0.3 is 6.18 Å². The number of hydrogen-bond acceptors (Lipinski definition) is 2. The number of alkyl halides is 3. The van der Waals surface area contributed by atoms with E-state index >= 15 is 0 Å². The fraction of sp³-hybridized carbons (Fsp3) is 0.308. The molecule has 0 unspecified atom stereocenters. The van der Waals surface area contributed by atoms with Crippen molar-refractivity contribution < 1.29 is 17.6 Å². The molecule has 0 radical (unpaired) electrons. The van der Waals surface area contributed by atoms with Crippen molar-refractivity contribution in [2.75, 3.05) is 5.32 Å². The van der Waals surface area contributed by atoms with Gasteiger partial charge in [-0.15, -0.1) is 0 Å².